The molecule has 1 aromatic carbocycles. The SMILES string of the molecule is CCOc1cccc(CN)c1OCCCOCC(F)(F)F. The standard InChI is InChI=1S/C14H20F3NO3/c1-2-20-12-6-3-5-11(9-18)13(12)21-8-4-7-19-10-14(15,16)17/h3,5-6H,2,4,7-10,18H2,1H3. The summed E-state index contributed by atoms with van der Waals surface area (Å²) in [6.45, 7) is 1.60. The van der Waals surface area contributed by atoms with Crippen molar-refractivity contribution < 1.29 is 27.4 Å². The third kappa shape index (κ3) is 6.68. The van der Waals surface area contributed by atoms with Crippen LogP contribution in [0.25, 0.3) is 0 Å². The molecule has 0 radical (unpaired) electrons. The van der Waals surface area contributed by atoms with Crippen LogP contribution in [0.3, 0.4) is 0 Å². The number of nitrogens with two attached hydrogens (primary N) is 1. The number of benzene rings is 1. The van der Waals surface area contributed by atoms with E-state index in [9.17, 15) is 13.2 Å². The number of ether oxygens (including phenoxy) is 3. The minimum absolute atomic E-state index is 0.0196. The summed E-state index contributed by atoms with van der Waals surface area (Å²) in [5.74, 6) is 1.12. The highest BCUT2D eigenvalue weighted by molar-refractivity contribution is 5.46. The van der Waals surface area contributed by atoms with Crippen LogP contribution in [0.2, 0.25) is 0 Å². The lowest BCUT2D eigenvalue weighted by Gasteiger charge is -2.15. The molecular weight excluding hydrogens is 287 g/mol. The predicted octanol–water partition coefficient (Wildman–Crippen LogP) is 2.89. The Balaban J connectivity index is 2.43. The molecule has 0 bridgehead atoms. The fraction of sp³-hybridized carbons (Fsp3) is 0.571. The van der Waals surface area contributed by atoms with Gasteiger partial charge in [-0.05, 0) is 13.0 Å². The first-order valence-electron chi connectivity index (χ1n) is 6.70. The van der Waals surface area contributed by atoms with Crippen molar-refractivity contribution in [1.29, 1.82) is 0 Å². The molecule has 0 unspecified atom stereocenters. The third-order valence-electron chi connectivity index (χ3n) is 2.53. The van der Waals surface area contributed by atoms with Crippen LogP contribution in [0.5, 0.6) is 11.5 Å². The summed E-state index contributed by atoms with van der Waals surface area (Å²) in [6, 6.07) is 5.39. The topological polar surface area (TPSA) is 53.7 Å². The number of alkyl halides is 3. The summed E-state index contributed by atoms with van der Waals surface area (Å²) in [5.41, 5.74) is 6.42. The molecule has 0 aliphatic rings. The van der Waals surface area contributed by atoms with E-state index in [2.05, 4.69) is 4.74 Å². The molecule has 7 heteroatoms. The molecule has 0 fully saturated rings. The Morgan fingerprint density at radius 3 is 2.52 bits per heavy atom. The lowest BCUT2D eigenvalue weighted by atomic mass is 10.2. The molecule has 0 aliphatic heterocycles. The van der Waals surface area contributed by atoms with Gasteiger partial charge < -0.3 is 19.9 Å². The Morgan fingerprint density at radius 1 is 1.14 bits per heavy atom. The van der Waals surface area contributed by atoms with Gasteiger partial charge in [0.25, 0.3) is 0 Å². The average molecular weight is 307 g/mol. The Morgan fingerprint density at radius 2 is 1.90 bits per heavy atom. The molecule has 1 rings (SSSR count). The van der Waals surface area contributed by atoms with E-state index >= 15 is 0 Å². The van der Waals surface area contributed by atoms with Crippen molar-refractivity contribution in [1.82, 2.24) is 0 Å². The van der Waals surface area contributed by atoms with E-state index in [0.717, 1.165) is 5.56 Å². The summed E-state index contributed by atoms with van der Waals surface area (Å²) in [7, 11) is 0. The van der Waals surface area contributed by atoms with E-state index in [-0.39, 0.29) is 13.2 Å². The van der Waals surface area contributed by atoms with Crippen LogP contribution in [0, 0.1) is 0 Å². The van der Waals surface area contributed by atoms with E-state index in [1.54, 1.807) is 6.07 Å². The largest absolute Gasteiger partial charge is 0.490 e. The molecule has 0 saturated carbocycles. The van der Waals surface area contributed by atoms with Crippen LogP contribution in [-0.4, -0.2) is 32.6 Å². The second-order valence-corrected chi connectivity index (χ2v) is 4.25. The summed E-state index contributed by atoms with van der Waals surface area (Å²) < 4.78 is 51.2. The smallest absolute Gasteiger partial charge is 0.411 e. The lowest BCUT2D eigenvalue weighted by molar-refractivity contribution is -0.174. The van der Waals surface area contributed by atoms with Crippen LogP contribution in [0.4, 0.5) is 13.2 Å². The fourth-order valence-corrected chi connectivity index (χ4v) is 1.68. The molecule has 0 spiro atoms. The van der Waals surface area contributed by atoms with Crippen molar-refractivity contribution in [2.45, 2.75) is 26.1 Å². The van der Waals surface area contributed by atoms with Gasteiger partial charge in [-0.2, -0.15) is 13.2 Å². The Kier molecular flexibility index (Phi) is 7.31. The summed E-state index contributed by atoms with van der Waals surface area (Å²) in [6.07, 6.45) is -3.95. The van der Waals surface area contributed by atoms with Gasteiger partial charge in [-0.25, -0.2) is 0 Å². The summed E-state index contributed by atoms with van der Waals surface area (Å²) in [5, 5.41) is 0. The second-order valence-electron chi connectivity index (χ2n) is 4.25. The maximum Gasteiger partial charge on any atom is 0.411 e. The van der Waals surface area contributed by atoms with Crippen molar-refractivity contribution in [3.63, 3.8) is 0 Å². The molecular formula is C14H20F3NO3. The van der Waals surface area contributed by atoms with Crippen molar-refractivity contribution in [2.75, 3.05) is 26.4 Å². The van der Waals surface area contributed by atoms with Gasteiger partial charge in [0.1, 0.15) is 6.61 Å². The van der Waals surface area contributed by atoms with E-state index in [1.807, 2.05) is 19.1 Å². The van der Waals surface area contributed by atoms with Gasteiger partial charge in [0.15, 0.2) is 11.5 Å². The molecule has 0 aliphatic carbocycles. The highest BCUT2D eigenvalue weighted by atomic mass is 19.4. The zero-order valence-corrected chi connectivity index (χ0v) is 11.9. The van der Waals surface area contributed by atoms with Crippen LogP contribution in [-0.2, 0) is 11.3 Å². The quantitative estimate of drug-likeness (QED) is 0.713. The first-order chi connectivity index (χ1) is 9.98. The van der Waals surface area contributed by atoms with E-state index < -0.39 is 12.8 Å². The van der Waals surface area contributed by atoms with Gasteiger partial charge in [-0.3, -0.25) is 0 Å². The molecule has 0 amide bonds. The summed E-state index contributed by atoms with van der Waals surface area (Å²) >= 11 is 0. The van der Waals surface area contributed by atoms with Gasteiger partial charge in [0, 0.05) is 18.5 Å². The Hall–Kier alpha value is -1.47. The van der Waals surface area contributed by atoms with E-state index in [0.29, 0.717) is 31.1 Å². The average Bonchev–Trinajstić information content (AvgIpc) is 2.42. The Bertz CT molecular complexity index is 424. The van der Waals surface area contributed by atoms with Crippen molar-refractivity contribution in [2.24, 2.45) is 5.73 Å². The van der Waals surface area contributed by atoms with Gasteiger partial charge in [-0.1, -0.05) is 12.1 Å². The normalized spacial score (nSPS) is 11.5. The van der Waals surface area contributed by atoms with Gasteiger partial charge in [0.2, 0.25) is 0 Å². The predicted molar refractivity (Wildman–Crippen MR) is 72.5 cm³/mol. The second kappa shape index (κ2) is 8.74. The summed E-state index contributed by atoms with van der Waals surface area (Å²) in [4.78, 5) is 0. The molecule has 21 heavy (non-hydrogen) atoms. The van der Waals surface area contributed by atoms with Gasteiger partial charge in [0.05, 0.1) is 19.8 Å². The van der Waals surface area contributed by atoms with Gasteiger partial charge >= 0.3 is 6.18 Å². The fourth-order valence-electron chi connectivity index (χ4n) is 1.68. The lowest BCUT2D eigenvalue weighted by Crippen LogP contribution is -2.18. The van der Waals surface area contributed by atoms with Crippen molar-refractivity contribution >= 4 is 0 Å². The molecule has 2 N–H and O–H groups in total. The van der Waals surface area contributed by atoms with E-state index in [4.69, 9.17) is 15.2 Å². The number of halogens is 3. The molecule has 4 nitrogen and oxygen atoms in total. The maximum absolute atomic E-state index is 11.9. The highest BCUT2D eigenvalue weighted by Crippen LogP contribution is 2.31. The van der Waals surface area contributed by atoms with Crippen molar-refractivity contribution in [3.05, 3.63) is 23.8 Å². The minimum Gasteiger partial charge on any atom is -0.490 e. The molecule has 0 atom stereocenters. The zero-order chi connectivity index (χ0) is 15.7. The van der Waals surface area contributed by atoms with Crippen molar-refractivity contribution in [3.8, 4) is 11.5 Å². The maximum atomic E-state index is 11.9. The van der Waals surface area contributed by atoms with E-state index in [1.165, 1.54) is 0 Å². The zero-order valence-electron chi connectivity index (χ0n) is 11.9. The third-order valence-corrected chi connectivity index (χ3v) is 2.53. The number of hydrogen-bond donors (Lipinski definition) is 1. The van der Waals surface area contributed by atoms with Crippen LogP contribution in [0.15, 0.2) is 18.2 Å². The molecule has 1 aromatic rings. The van der Waals surface area contributed by atoms with Crippen LogP contribution < -0.4 is 15.2 Å². The first-order valence-corrected chi connectivity index (χ1v) is 6.70. The number of rotatable bonds is 9. The number of para-hydroxylation sites is 1. The monoisotopic (exact) mass is 307 g/mol. The van der Waals surface area contributed by atoms with Crippen LogP contribution >= 0.6 is 0 Å². The Labute approximate surface area is 122 Å². The molecule has 0 heterocycles. The molecule has 0 saturated heterocycles. The number of hydrogen-bond acceptors (Lipinski definition) is 4. The highest BCUT2D eigenvalue weighted by Gasteiger charge is 2.27. The minimum atomic E-state index is -4.30. The molecule has 0 aromatic heterocycles. The van der Waals surface area contributed by atoms with Gasteiger partial charge in [-0.15, -0.1) is 0 Å². The first kappa shape index (κ1) is 17.6. The van der Waals surface area contributed by atoms with Crippen LogP contribution in [0.1, 0.15) is 18.9 Å². The molecule has 120 valence electrons.